The summed E-state index contributed by atoms with van der Waals surface area (Å²) in [7, 11) is 0. The number of piperazine rings is 3. The minimum absolute atomic E-state index is 0.00442. The maximum Gasteiger partial charge on any atom is 0.276 e. The van der Waals surface area contributed by atoms with Crippen LogP contribution in [-0.2, 0) is 14.4 Å². The van der Waals surface area contributed by atoms with Crippen molar-refractivity contribution < 1.29 is 27.6 Å². The summed E-state index contributed by atoms with van der Waals surface area (Å²) in [5.41, 5.74) is 20.0. The van der Waals surface area contributed by atoms with Gasteiger partial charge < -0.3 is 46.6 Å². The summed E-state index contributed by atoms with van der Waals surface area (Å²) in [4.78, 5) is 118. The van der Waals surface area contributed by atoms with Crippen LogP contribution in [-0.4, -0.2) is 155 Å². The van der Waals surface area contributed by atoms with E-state index in [1.54, 1.807) is 51.5 Å². The van der Waals surface area contributed by atoms with Gasteiger partial charge in [-0.3, -0.25) is 57.4 Å². The molecule has 12 aromatic rings. The third-order valence-electron chi connectivity index (χ3n) is 23.2. The van der Waals surface area contributed by atoms with E-state index in [0.29, 0.717) is 157 Å². The van der Waals surface area contributed by atoms with Gasteiger partial charge in [0.1, 0.15) is 61.9 Å². The molecule has 27 nitrogen and oxygen atoms in total. The van der Waals surface area contributed by atoms with Crippen LogP contribution < -0.4 is 48.6 Å². The first-order valence-corrected chi connectivity index (χ1v) is 45.8. The molecule has 135 heavy (non-hydrogen) atoms. The first-order valence-electron chi connectivity index (χ1n) is 41.3. The number of benzene rings is 3. The Morgan fingerprint density at radius 2 is 0.644 bits per heavy atom. The van der Waals surface area contributed by atoms with E-state index in [-0.39, 0.29) is 160 Å². The smallest absolute Gasteiger partial charge is 0.276 e. The number of nitrogen functional groups attached to an aromatic ring is 3. The van der Waals surface area contributed by atoms with Crippen LogP contribution in [0.4, 0.5) is 47.3 Å². The van der Waals surface area contributed by atoms with Gasteiger partial charge >= 0.3 is 0 Å². The highest BCUT2D eigenvalue weighted by Gasteiger charge is 2.38. The molecule has 0 atom stereocenters. The highest BCUT2D eigenvalue weighted by molar-refractivity contribution is 6.51. The number of carbonyl (C=O) groups is 3. The molecular weight excluding hydrogens is 1990 g/mol. The Labute approximate surface area is 830 Å². The predicted octanol–water partition coefficient (Wildman–Crippen LogP) is 20.8. The Bertz CT molecular complexity index is 6640. The monoisotopic (exact) mass is 2060 g/mol. The molecule has 0 radical (unpaired) electrons. The van der Waals surface area contributed by atoms with E-state index in [1.165, 1.54) is 50.1 Å². The number of aryl methyl sites for hydroxylation is 3. The molecule has 0 aliphatic carbocycles. The van der Waals surface area contributed by atoms with Crippen molar-refractivity contribution in [2.75, 3.05) is 110 Å². The van der Waals surface area contributed by atoms with Crippen LogP contribution in [0, 0.1) is 72.2 Å². The number of rotatable bonds is 15. The van der Waals surface area contributed by atoms with Crippen LogP contribution in [0.25, 0.3) is 83.9 Å². The fourth-order valence-corrected chi connectivity index (χ4v) is 19.7. The topological polar surface area (TPSA) is 363 Å². The summed E-state index contributed by atoms with van der Waals surface area (Å²) < 4.78 is 49.8. The summed E-state index contributed by atoms with van der Waals surface area (Å²) in [6.45, 7) is 31.5. The highest BCUT2D eigenvalue weighted by Crippen LogP contribution is 2.52. The van der Waals surface area contributed by atoms with Gasteiger partial charge in [0, 0.05) is 124 Å². The number of anilines is 6. The summed E-state index contributed by atoms with van der Waals surface area (Å²) in [5.74, 6) is -4.05. The lowest BCUT2D eigenvalue weighted by molar-refractivity contribution is -0.127. The van der Waals surface area contributed by atoms with E-state index in [0.717, 1.165) is 0 Å². The van der Waals surface area contributed by atoms with Gasteiger partial charge in [-0.25, -0.2) is 28.1 Å². The number of pyridine rings is 9. The normalized spacial score (nSPS) is 13.4. The SMILES string of the molecule is C=CC(=O)N1CCN(c2c(C#N)c(=O)n(-c3c(C)ccnc3C(C)C)c3nc(-c4c(Cl)c(N)c(Cl)c(F)c4Cl)c(Cl)cc23)CC1.C=CC(=O)N1CCN(c2c(C#N)c(=O)n(-c3c(C)ccnc3C(C)C)c3nc(-c4c(Cl)c(N)c(Cl)c(F)c4Cl)c(Cl)cc23)CC1.C=CC(=O)N1CCN(c2c(C#N)c(=O)n(-c3c(C)ccnc3C(C)C)c3nc(-c4c(F)c(N)c(Cl)c(Cl)c4Cl)c(Cl)cc23)CC1. The lowest BCUT2D eigenvalue weighted by Gasteiger charge is -2.36. The standard InChI is InChI=1S/3C31H26Cl4FN7O2/c1-5-19(44)41-8-10-42(11-9-41)29-16-12-18(32)27(20-21(33)22(34)23(35)25(38)24(20)36)40-30(16)43(31(45)17(29)13-37)28-15(4)6-7-39-26(28)14(2)3;2*1-5-19(44)41-8-10-42(11-9-41)29-16-12-18(32)27(20-21(33)24(36)23(35)25(38)22(20)34)40-30(16)43(31(45)17(29)13-37)28-15(4)6-7-39-26(28)14(2)3/h3*5-7,12,14H,1,8-11,38H2,2-4H3. The molecule has 15 rings (SSSR count). The lowest BCUT2D eigenvalue weighted by atomic mass is 10.0. The second-order valence-electron chi connectivity index (χ2n) is 32.2. The fraction of sp³-hybridized carbons (Fsp3) is 0.258. The van der Waals surface area contributed by atoms with Crippen molar-refractivity contribution in [2.45, 2.75) is 80.1 Å². The van der Waals surface area contributed by atoms with Crippen molar-refractivity contribution in [3.8, 4) is 69.0 Å². The average molecular weight is 2070 g/mol. The summed E-state index contributed by atoms with van der Waals surface area (Å²) in [6, 6.07) is 16.1. The largest absolute Gasteiger partial charge is 0.396 e. The molecule has 3 fully saturated rings. The zero-order chi connectivity index (χ0) is 98.7. The molecule has 6 N–H and O–H groups in total. The van der Waals surface area contributed by atoms with E-state index in [4.69, 9.17) is 171 Å². The van der Waals surface area contributed by atoms with Crippen molar-refractivity contribution in [1.82, 2.24) is 58.3 Å². The number of hydrogen-bond acceptors (Lipinski definition) is 21. The molecule has 696 valence electrons. The van der Waals surface area contributed by atoms with Crippen LogP contribution in [0.5, 0.6) is 0 Å². The zero-order valence-electron chi connectivity index (χ0n) is 73.2. The summed E-state index contributed by atoms with van der Waals surface area (Å²) in [5, 5.41) is 29.3. The van der Waals surface area contributed by atoms with Crippen LogP contribution in [0.1, 0.15) is 110 Å². The Kier molecular flexibility index (Phi) is 30.4. The molecule has 3 aromatic carbocycles. The number of nitrogens with zero attached hydrogens (tertiary/aromatic N) is 18. The number of halogens is 15. The molecule has 0 bridgehead atoms. The second kappa shape index (κ2) is 40.7. The molecule has 3 saturated heterocycles. The minimum Gasteiger partial charge on any atom is -0.396 e. The molecule has 3 aliphatic heterocycles. The van der Waals surface area contributed by atoms with Crippen molar-refractivity contribution in [1.29, 1.82) is 15.8 Å². The third kappa shape index (κ3) is 18.2. The molecule has 0 unspecified atom stereocenters. The van der Waals surface area contributed by atoms with Gasteiger partial charge in [0.25, 0.3) is 16.7 Å². The predicted molar refractivity (Wildman–Crippen MR) is 533 cm³/mol. The third-order valence-corrected chi connectivity index (χ3v) is 27.6. The maximum absolute atomic E-state index is 15.7. The quantitative estimate of drug-likeness (QED) is 0.0371. The second-order valence-corrected chi connectivity index (χ2v) is 36.9. The Morgan fingerprint density at radius 1 is 0.378 bits per heavy atom. The minimum atomic E-state index is -1.01. The fourth-order valence-electron chi connectivity index (χ4n) is 16.5. The van der Waals surface area contributed by atoms with E-state index >= 15 is 13.2 Å². The Hall–Kier alpha value is -11.6. The average Bonchev–Trinajstić information content (AvgIpc) is 0.728. The lowest BCUT2D eigenvalue weighted by Crippen LogP contribution is -2.49. The van der Waals surface area contributed by atoms with Crippen LogP contribution in [0.2, 0.25) is 60.3 Å². The number of amides is 3. The van der Waals surface area contributed by atoms with Gasteiger partial charge in [0.15, 0.2) is 17.5 Å². The Morgan fingerprint density at radius 3 is 0.896 bits per heavy atom. The number of carbonyl (C=O) groups excluding carboxylic acids is 3. The highest BCUT2D eigenvalue weighted by atomic mass is 35.5. The number of nitriles is 3. The van der Waals surface area contributed by atoms with Gasteiger partial charge in [0.05, 0.1) is 141 Å². The molecule has 0 spiro atoms. The van der Waals surface area contributed by atoms with Crippen LogP contribution >= 0.6 is 139 Å². The molecule has 0 saturated carbocycles. The van der Waals surface area contributed by atoms with Gasteiger partial charge in [-0.05, 0) is 110 Å². The van der Waals surface area contributed by atoms with Crippen LogP contribution in [0.15, 0.2) is 107 Å². The van der Waals surface area contributed by atoms with Gasteiger partial charge in [0.2, 0.25) is 17.7 Å². The van der Waals surface area contributed by atoms with Crippen molar-refractivity contribution in [3.05, 3.63) is 252 Å². The number of aromatic nitrogens is 9. The summed E-state index contributed by atoms with van der Waals surface area (Å²) in [6.07, 6.45) is 8.63. The van der Waals surface area contributed by atoms with Crippen molar-refractivity contribution >= 4 is 224 Å². The molecule has 3 amide bonds. The van der Waals surface area contributed by atoms with E-state index < -0.39 is 59.9 Å². The number of fused-ring (bicyclic) bond motifs is 3. The molecule has 9 aromatic heterocycles. The number of hydrogen-bond donors (Lipinski definition) is 3. The molecule has 12 heterocycles. The van der Waals surface area contributed by atoms with Crippen molar-refractivity contribution in [2.24, 2.45) is 0 Å². The van der Waals surface area contributed by atoms with Crippen LogP contribution in [0.3, 0.4) is 0 Å². The zero-order valence-corrected chi connectivity index (χ0v) is 82.2. The van der Waals surface area contributed by atoms with E-state index in [2.05, 4.69) is 52.9 Å². The molecule has 42 heteroatoms. The van der Waals surface area contributed by atoms with Gasteiger partial charge in [-0.1, -0.05) is 200 Å². The first kappa shape index (κ1) is 101. The van der Waals surface area contributed by atoms with Gasteiger partial charge in [-0.15, -0.1) is 0 Å². The van der Waals surface area contributed by atoms with Crippen molar-refractivity contribution in [3.63, 3.8) is 0 Å². The first-order chi connectivity index (χ1) is 64.0. The number of nitrogens with two attached hydrogens (primary N) is 3. The molecule has 3 aliphatic rings. The maximum atomic E-state index is 15.7. The Balaban J connectivity index is 0.000000171. The molecular formula is C93H78Cl12F3N21O6. The van der Waals surface area contributed by atoms with E-state index in [9.17, 15) is 44.6 Å². The van der Waals surface area contributed by atoms with Gasteiger partial charge in [-0.2, -0.15) is 15.8 Å². The van der Waals surface area contributed by atoms with E-state index in [1.807, 2.05) is 77.0 Å². The summed E-state index contributed by atoms with van der Waals surface area (Å²) >= 11 is 77.2.